The first kappa shape index (κ1) is 19.7. The van der Waals surface area contributed by atoms with Crippen molar-refractivity contribution in [3.63, 3.8) is 0 Å². The molecule has 152 valence electrons. The van der Waals surface area contributed by atoms with Crippen molar-refractivity contribution >= 4 is 34.4 Å². The third kappa shape index (κ3) is 4.69. The van der Waals surface area contributed by atoms with E-state index >= 15 is 0 Å². The zero-order valence-electron chi connectivity index (χ0n) is 15.8. The number of rotatable bonds is 7. The lowest BCUT2D eigenvalue weighted by atomic mass is 10.2. The van der Waals surface area contributed by atoms with Gasteiger partial charge in [0.05, 0.1) is 13.0 Å². The van der Waals surface area contributed by atoms with Crippen molar-refractivity contribution in [1.82, 2.24) is 10.5 Å². The maximum Gasteiger partial charge on any atom is 0.312 e. The van der Waals surface area contributed by atoms with E-state index in [-0.39, 0.29) is 19.6 Å². The van der Waals surface area contributed by atoms with Gasteiger partial charge in [-0.2, -0.15) is 0 Å². The molecular formula is C22H17ClN2O5. The zero-order chi connectivity index (χ0) is 20.9. The highest BCUT2D eigenvalue weighted by Crippen LogP contribution is 2.23. The summed E-state index contributed by atoms with van der Waals surface area (Å²) in [6, 6.07) is 18.0. The Kier molecular flexibility index (Phi) is 5.81. The van der Waals surface area contributed by atoms with Crippen LogP contribution in [0.1, 0.15) is 11.5 Å². The number of furan rings is 1. The number of hydrogen-bond acceptors (Lipinski definition) is 6. The van der Waals surface area contributed by atoms with Gasteiger partial charge in [-0.15, -0.1) is 0 Å². The minimum atomic E-state index is -0.563. The molecule has 0 saturated carbocycles. The van der Waals surface area contributed by atoms with Gasteiger partial charge >= 0.3 is 5.97 Å². The van der Waals surface area contributed by atoms with Crippen molar-refractivity contribution < 1.29 is 23.3 Å². The van der Waals surface area contributed by atoms with Gasteiger partial charge < -0.3 is 19.0 Å². The van der Waals surface area contributed by atoms with Gasteiger partial charge in [-0.3, -0.25) is 9.59 Å². The third-order valence-corrected chi connectivity index (χ3v) is 4.63. The predicted molar refractivity (Wildman–Crippen MR) is 110 cm³/mol. The first-order valence-corrected chi connectivity index (χ1v) is 9.56. The molecule has 2 aromatic carbocycles. The summed E-state index contributed by atoms with van der Waals surface area (Å²) in [5, 5.41) is 7.91. The molecule has 4 aromatic rings. The predicted octanol–water partition coefficient (Wildman–Crippen LogP) is 4.14. The number of nitrogens with one attached hydrogen (secondary N) is 1. The van der Waals surface area contributed by atoms with Crippen molar-refractivity contribution in [1.29, 1.82) is 0 Å². The van der Waals surface area contributed by atoms with Gasteiger partial charge in [0.2, 0.25) is 0 Å². The summed E-state index contributed by atoms with van der Waals surface area (Å²) in [5.74, 6) is 0.251. The summed E-state index contributed by atoms with van der Waals surface area (Å²) in [4.78, 5) is 24.0. The van der Waals surface area contributed by atoms with E-state index in [1.807, 2.05) is 36.4 Å². The number of carbonyl (C=O) groups excluding carboxylic acids is 2. The molecule has 2 aromatic heterocycles. The lowest BCUT2D eigenvalue weighted by Crippen LogP contribution is -2.28. The van der Waals surface area contributed by atoms with Gasteiger partial charge in [-0.25, -0.2) is 0 Å². The van der Waals surface area contributed by atoms with E-state index in [0.29, 0.717) is 27.8 Å². The smallest absolute Gasteiger partial charge is 0.312 e. The minimum Gasteiger partial charge on any atom is -0.459 e. The first-order chi connectivity index (χ1) is 14.6. The highest BCUT2D eigenvalue weighted by atomic mass is 35.5. The van der Waals surface area contributed by atoms with Crippen molar-refractivity contribution in [2.24, 2.45) is 0 Å². The molecule has 7 nitrogen and oxygen atoms in total. The Bertz CT molecular complexity index is 1180. The van der Waals surface area contributed by atoms with E-state index in [9.17, 15) is 9.59 Å². The van der Waals surface area contributed by atoms with E-state index in [2.05, 4.69) is 10.5 Å². The number of amides is 1. The Hall–Kier alpha value is -3.58. The number of carbonyl (C=O) groups is 2. The quantitative estimate of drug-likeness (QED) is 0.448. The number of benzene rings is 2. The standard InChI is InChI=1S/C22H17ClN2O5/c23-15-7-5-14(6-8-15)19-10-9-16(29-19)12-24-21(26)13-28-22(27)11-18-17-3-1-2-4-20(17)30-25-18/h1-10H,11-13H2,(H,24,26). The minimum absolute atomic E-state index is 0.0765. The van der Waals surface area contributed by atoms with E-state index in [1.54, 1.807) is 24.3 Å². The van der Waals surface area contributed by atoms with Crippen LogP contribution in [-0.2, 0) is 27.3 Å². The molecule has 0 aliphatic heterocycles. The van der Waals surface area contributed by atoms with Crippen LogP contribution in [0.3, 0.4) is 0 Å². The van der Waals surface area contributed by atoms with E-state index in [1.165, 1.54) is 0 Å². The third-order valence-electron chi connectivity index (χ3n) is 4.38. The summed E-state index contributed by atoms with van der Waals surface area (Å²) in [7, 11) is 0. The monoisotopic (exact) mass is 424 g/mol. The van der Waals surface area contributed by atoms with Crippen molar-refractivity contribution in [2.75, 3.05) is 6.61 Å². The fourth-order valence-corrected chi connectivity index (χ4v) is 3.00. The molecule has 0 spiro atoms. The van der Waals surface area contributed by atoms with Crippen LogP contribution >= 0.6 is 11.6 Å². The Balaban J connectivity index is 1.24. The molecule has 0 atom stereocenters. The number of ether oxygens (including phenoxy) is 1. The van der Waals surface area contributed by atoms with Crippen LogP contribution in [0.2, 0.25) is 5.02 Å². The van der Waals surface area contributed by atoms with Crippen LogP contribution in [0, 0.1) is 0 Å². The zero-order valence-corrected chi connectivity index (χ0v) is 16.5. The lowest BCUT2D eigenvalue weighted by molar-refractivity contribution is -0.148. The molecule has 1 N–H and O–H groups in total. The first-order valence-electron chi connectivity index (χ1n) is 9.19. The number of esters is 1. The second-order valence-electron chi connectivity index (χ2n) is 6.51. The lowest BCUT2D eigenvalue weighted by Gasteiger charge is -2.05. The van der Waals surface area contributed by atoms with E-state index < -0.39 is 11.9 Å². The molecule has 4 rings (SSSR count). The average molecular weight is 425 g/mol. The molecule has 0 unspecified atom stereocenters. The van der Waals surface area contributed by atoms with Crippen molar-refractivity contribution in [3.8, 4) is 11.3 Å². The molecule has 0 aliphatic carbocycles. The number of aromatic nitrogens is 1. The van der Waals surface area contributed by atoms with E-state index in [4.69, 9.17) is 25.3 Å². The molecule has 30 heavy (non-hydrogen) atoms. The summed E-state index contributed by atoms with van der Waals surface area (Å²) in [5.41, 5.74) is 1.95. The number of para-hydroxylation sites is 1. The summed E-state index contributed by atoms with van der Waals surface area (Å²) < 4.78 is 15.9. The number of fused-ring (bicyclic) bond motifs is 1. The molecule has 8 heteroatoms. The Morgan fingerprint density at radius 3 is 2.67 bits per heavy atom. The van der Waals surface area contributed by atoms with Crippen LogP contribution < -0.4 is 5.32 Å². The van der Waals surface area contributed by atoms with Gasteiger partial charge in [-0.1, -0.05) is 28.9 Å². The molecule has 0 fully saturated rings. The van der Waals surface area contributed by atoms with Crippen LogP contribution in [0.4, 0.5) is 0 Å². The fraction of sp³-hybridized carbons (Fsp3) is 0.136. The number of halogens is 1. The summed E-state index contributed by atoms with van der Waals surface area (Å²) in [6.45, 7) is -0.211. The molecule has 2 heterocycles. The van der Waals surface area contributed by atoms with Gasteiger partial charge in [0.25, 0.3) is 5.91 Å². The van der Waals surface area contributed by atoms with Crippen LogP contribution in [0.5, 0.6) is 0 Å². The number of hydrogen-bond donors (Lipinski definition) is 1. The van der Waals surface area contributed by atoms with Crippen molar-refractivity contribution in [3.05, 3.63) is 77.1 Å². The van der Waals surface area contributed by atoms with Gasteiger partial charge in [0.15, 0.2) is 12.2 Å². The Morgan fingerprint density at radius 1 is 1.03 bits per heavy atom. The van der Waals surface area contributed by atoms with Gasteiger partial charge in [-0.05, 0) is 48.5 Å². The molecule has 0 saturated heterocycles. The summed E-state index contributed by atoms with van der Waals surface area (Å²) in [6.07, 6.45) is -0.0765. The highest BCUT2D eigenvalue weighted by molar-refractivity contribution is 6.30. The van der Waals surface area contributed by atoms with Gasteiger partial charge in [0, 0.05) is 16.0 Å². The fourth-order valence-electron chi connectivity index (χ4n) is 2.88. The van der Waals surface area contributed by atoms with Crippen LogP contribution in [-0.4, -0.2) is 23.6 Å². The topological polar surface area (TPSA) is 94.6 Å². The highest BCUT2D eigenvalue weighted by Gasteiger charge is 2.14. The second-order valence-corrected chi connectivity index (χ2v) is 6.95. The van der Waals surface area contributed by atoms with Gasteiger partial charge in [0.1, 0.15) is 17.2 Å². The Morgan fingerprint density at radius 2 is 1.83 bits per heavy atom. The maximum absolute atomic E-state index is 12.0. The van der Waals surface area contributed by atoms with Crippen LogP contribution in [0.15, 0.2) is 69.6 Å². The molecule has 0 bridgehead atoms. The maximum atomic E-state index is 12.0. The molecular weight excluding hydrogens is 408 g/mol. The second kappa shape index (κ2) is 8.84. The molecule has 1 amide bonds. The largest absolute Gasteiger partial charge is 0.459 e. The SMILES string of the molecule is O=C(COC(=O)Cc1noc2ccccc12)NCc1ccc(-c2ccc(Cl)cc2)o1. The number of nitrogens with zero attached hydrogens (tertiary/aromatic N) is 1. The average Bonchev–Trinajstić information content (AvgIpc) is 3.39. The van der Waals surface area contributed by atoms with E-state index in [0.717, 1.165) is 10.9 Å². The molecule has 0 radical (unpaired) electrons. The Labute approximate surface area is 176 Å². The normalized spacial score (nSPS) is 10.8. The van der Waals surface area contributed by atoms with Crippen LogP contribution in [0.25, 0.3) is 22.3 Å². The van der Waals surface area contributed by atoms with Crippen molar-refractivity contribution in [2.45, 2.75) is 13.0 Å². The summed E-state index contributed by atoms with van der Waals surface area (Å²) >= 11 is 5.88. The molecule has 0 aliphatic rings.